The lowest BCUT2D eigenvalue weighted by atomic mass is 9.83. The van der Waals surface area contributed by atoms with Crippen molar-refractivity contribution in [3.05, 3.63) is 12.2 Å². The van der Waals surface area contributed by atoms with Gasteiger partial charge in [-0.2, -0.15) is 0 Å². The Morgan fingerprint density at radius 3 is 2.46 bits per heavy atom. The van der Waals surface area contributed by atoms with Gasteiger partial charge in [0, 0.05) is 0 Å². The average molecular weight is 180 g/mol. The lowest BCUT2D eigenvalue weighted by Crippen LogP contribution is -2.09. The lowest BCUT2D eigenvalue weighted by molar-refractivity contribution is 0.296. The van der Waals surface area contributed by atoms with Crippen molar-refractivity contribution in [1.82, 2.24) is 0 Å². The van der Waals surface area contributed by atoms with Crippen LogP contribution >= 0.6 is 0 Å². The van der Waals surface area contributed by atoms with E-state index in [2.05, 4.69) is 26.0 Å². The van der Waals surface area contributed by atoms with Gasteiger partial charge in [-0.1, -0.05) is 38.3 Å². The first-order chi connectivity index (χ1) is 6.27. The third kappa shape index (κ3) is 3.97. The number of hydrogen-bond donors (Lipinski definition) is 0. The first-order valence-electron chi connectivity index (χ1n) is 5.88. The van der Waals surface area contributed by atoms with Crippen LogP contribution in [0.3, 0.4) is 0 Å². The molecule has 1 saturated carbocycles. The minimum absolute atomic E-state index is 0.718. The fraction of sp³-hybridized carbons (Fsp3) is 0.846. The van der Waals surface area contributed by atoms with E-state index >= 15 is 0 Å². The normalized spacial score (nSPS) is 21.4. The zero-order valence-corrected chi connectivity index (χ0v) is 9.31. The molecule has 0 aliphatic heterocycles. The molecule has 0 saturated heterocycles. The molecule has 1 rings (SSSR count). The highest BCUT2D eigenvalue weighted by Gasteiger charge is 2.27. The van der Waals surface area contributed by atoms with Crippen LogP contribution in [0, 0.1) is 5.41 Å². The molecule has 0 heteroatoms. The van der Waals surface area contributed by atoms with E-state index in [4.69, 9.17) is 0 Å². The van der Waals surface area contributed by atoms with E-state index in [1.54, 1.807) is 0 Å². The fourth-order valence-electron chi connectivity index (χ4n) is 2.46. The molecule has 0 amide bonds. The largest absolute Gasteiger partial charge is 0.0917 e. The molecule has 0 nitrogen and oxygen atoms in total. The zero-order valence-electron chi connectivity index (χ0n) is 9.31. The molecular weight excluding hydrogens is 156 g/mol. The molecule has 13 heavy (non-hydrogen) atoms. The quantitative estimate of drug-likeness (QED) is 0.425. The Labute approximate surface area is 83.4 Å². The zero-order chi connectivity index (χ0) is 9.57. The molecule has 0 heterocycles. The predicted molar refractivity (Wildman–Crippen MR) is 59.9 cm³/mol. The van der Waals surface area contributed by atoms with Crippen molar-refractivity contribution in [1.29, 1.82) is 0 Å². The van der Waals surface area contributed by atoms with Gasteiger partial charge in [0.1, 0.15) is 0 Å². The summed E-state index contributed by atoms with van der Waals surface area (Å²) in [6.45, 7) is 4.59. The Balaban J connectivity index is 2.04. The first kappa shape index (κ1) is 10.8. The Bertz CT molecular complexity index is 149. The molecule has 0 N–H and O–H groups in total. The molecule has 0 bridgehead atoms. The van der Waals surface area contributed by atoms with Gasteiger partial charge in [0.2, 0.25) is 0 Å². The topological polar surface area (TPSA) is 0 Å². The maximum Gasteiger partial charge on any atom is -0.0326 e. The van der Waals surface area contributed by atoms with E-state index in [9.17, 15) is 0 Å². The Morgan fingerprint density at radius 2 is 1.85 bits per heavy atom. The predicted octanol–water partition coefficient (Wildman–Crippen LogP) is 4.70. The first-order valence-corrected chi connectivity index (χ1v) is 5.88. The molecule has 1 aliphatic carbocycles. The molecule has 76 valence electrons. The maximum absolute atomic E-state index is 2.48. The minimum atomic E-state index is 0.718. The highest BCUT2D eigenvalue weighted by atomic mass is 14.3. The summed E-state index contributed by atoms with van der Waals surface area (Å²) < 4.78 is 0. The summed E-state index contributed by atoms with van der Waals surface area (Å²) in [4.78, 5) is 0. The van der Waals surface area contributed by atoms with Crippen molar-refractivity contribution in [3.63, 3.8) is 0 Å². The van der Waals surface area contributed by atoms with Crippen molar-refractivity contribution < 1.29 is 0 Å². The minimum Gasteiger partial charge on any atom is -0.0917 e. The van der Waals surface area contributed by atoms with Crippen LogP contribution < -0.4 is 0 Å². The van der Waals surface area contributed by atoms with Crippen LogP contribution in [0.5, 0.6) is 0 Å². The summed E-state index contributed by atoms with van der Waals surface area (Å²) in [6, 6.07) is 0. The van der Waals surface area contributed by atoms with E-state index in [1.165, 1.54) is 51.4 Å². The van der Waals surface area contributed by atoms with Gasteiger partial charge in [-0.15, -0.1) is 0 Å². The monoisotopic (exact) mass is 180 g/mol. The van der Waals surface area contributed by atoms with E-state index < -0.39 is 0 Å². The van der Waals surface area contributed by atoms with Crippen LogP contribution in [0.25, 0.3) is 0 Å². The third-order valence-electron chi connectivity index (χ3n) is 3.45. The van der Waals surface area contributed by atoms with Crippen LogP contribution in [-0.2, 0) is 0 Å². The number of unbranched alkanes of at least 4 members (excludes halogenated alkanes) is 2. The summed E-state index contributed by atoms with van der Waals surface area (Å²) in [7, 11) is 0. The van der Waals surface area contributed by atoms with Crippen molar-refractivity contribution in [3.8, 4) is 0 Å². The molecule has 0 aromatic carbocycles. The highest BCUT2D eigenvalue weighted by Crippen LogP contribution is 2.41. The summed E-state index contributed by atoms with van der Waals surface area (Å²) in [6.07, 6.45) is 15.9. The van der Waals surface area contributed by atoms with Gasteiger partial charge in [0.15, 0.2) is 0 Å². The van der Waals surface area contributed by atoms with E-state index in [1.807, 2.05) is 0 Å². The van der Waals surface area contributed by atoms with Gasteiger partial charge < -0.3 is 0 Å². The number of rotatable bonds is 5. The SMILES string of the molecule is C/C=C\CCCCC1(C)CCCC1. The second-order valence-corrected chi connectivity index (χ2v) is 4.83. The Morgan fingerprint density at radius 1 is 1.15 bits per heavy atom. The second kappa shape index (κ2) is 5.47. The lowest BCUT2D eigenvalue weighted by Gasteiger charge is -2.22. The summed E-state index contributed by atoms with van der Waals surface area (Å²) >= 11 is 0. The van der Waals surface area contributed by atoms with Gasteiger partial charge in [-0.25, -0.2) is 0 Å². The summed E-state index contributed by atoms with van der Waals surface area (Å²) in [5, 5.41) is 0. The molecule has 0 atom stereocenters. The van der Waals surface area contributed by atoms with Crippen LogP contribution in [0.15, 0.2) is 12.2 Å². The Kier molecular flexibility index (Phi) is 4.55. The van der Waals surface area contributed by atoms with Crippen molar-refractivity contribution >= 4 is 0 Å². The summed E-state index contributed by atoms with van der Waals surface area (Å²) in [5.74, 6) is 0. The molecule has 0 spiro atoms. The van der Waals surface area contributed by atoms with Gasteiger partial charge in [-0.3, -0.25) is 0 Å². The van der Waals surface area contributed by atoms with Gasteiger partial charge in [-0.05, 0) is 44.4 Å². The van der Waals surface area contributed by atoms with Crippen molar-refractivity contribution in [2.75, 3.05) is 0 Å². The smallest absolute Gasteiger partial charge is 0.0326 e. The molecule has 0 unspecified atom stereocenters. The molecule has 1 aliphatic rings. The van der Waals surface area contributed by atoms with Crippen molar-refractivity contribution in [2.24, 2.45) is 5.41 Å². The van der Waals surface area contributed by atoms with Crippen molar-refractivity contribution in [2.45, 2.75) is 65.2 Å². The number of hydrogen-bond acceptors (Lipinski definition) is 0. The summed E-state index contributed by atoms with van der Waals surface area (Å²) in [5.41, 5.74) is 0.718. The second-order valence-electron chi connectivity index (χ2n) is 4.83. The molecule has 0 radical (unpaired) electrons. The van der Waals surface area contributed by atoms with E-state index in [-0.39, 0.29) is 0 Å². The fourth-order valence-corrected chi connectivity index (χ4v) is 2.46. The average Bonchev–Trinajstić information content (AvgIpc) is 2.53. The van der Waals surface area contributed by atoms with Gasteiger partial charge in [0.25, 0.3) is 0 Å². The van der Waals surface area contributed by atoms with Gasteiger partial charge >= 0.3 is 0 Å². The van der Waals surface area contributed by atoms with Crippen LogP contribution in [-0.4, -0.2) is 0 Å². The Hall–Kier alpha value is -0.260. The van der Waals surface area contributed by atoms with Crippen LogP contribution in [0.2, 0.25) is 0 Å². The third-order valence-corrected chi connectivity index (χ3v) is 3.45. The molecule has 1 fully saturated rings. The van der Waals surface area contributed by atoms with Crippen LogP contribution in [0.1, 0.15) is 65.2 Å². The van der Waals surface area contributed by atoms with E-state index in [0.717, 1.165) is 5.41 Å². The molecule has 0 aromatic heterocycles. The number of allylic oxidation sites excluding steroid dienone is 2. The van der Waals surface area contributed by atoms with Crippen LogP contribution in [0.4, 0.5) is 0 Å². The standard InChI is InChI=1S/C13H24/c1-3-4-5-6-7-10-13(2)11-8-9-12-13/h3-4H,5-12H2,1-2H3/b4-3-. The highest BCUT2D eigenvalue weighted by molar-refractivity contribution is 4.81. The molecule has 0 aromatic rings. The van der Waals surface area contributed by atoms with E-state index in [0.29, 0.717) is 0 Å². The molecular formula is C13H24. The maximum atomic E-state index is 2.48. The van der Waals surface area contributed by atoms with Gasteiger partial charge in [0.05, 0.1) is 0 Å².